The molecule has 6 heteroatoms. The van der Waals surface area contributed by atoms with E-state index in [9.17, 15) is 4.79 Å². The van der Waals surface area contributed by atoms with Gasteiger partial charge in [-0.15, -0.1) is 0 Å². The maximum atomic E-state index is 12.4. The molecule has 2 rings (SSSR count). The molecule has 2 aromatic carbocycles. The lowest BCUT2D eigenvalue weighted by molar-refractivity contribution is 0.102. The van der Waals surface area contributed by atoms with E-state index in [1.54, 1.807) is 24.3 Å². The maximum Gasteiger partial charge on any atom is 0.256 e. The summed E-state index contributed by atoms with van der Waals surface area (Å²) in [5.41, 5.74) is 8.39. The van der Waals surface area contributed by atoms with Crippen LogP contribution in [0.25, 0.3) is 0 Å². The van der Waals surface area contributed by atoms with Crippen molar-refractivity contribution in [3.63, 3.8) is 0 Å². The summed E-state index contributed by atoms with van der Waals surface area (Å²) >= 11 is 14.3. The van der Waals surface area contributed by atoms with Crippen molar-refractivity contribution in [1.29, 1.82) is 0 Å². The molecule has 0 aliphatic heterocycles. The van der Waals surface area contributed by atoms with Crippen molar-refractivity contribution in [3.05, 3.63) is 62.6 Å². The van der Waals surface area contributed by atoms with Crippen molar-refractivity contribution < 1.29 is 4.79 Å². The molecular formula is C15H12BrClN2OS. The number of nitrogens with one attached hydrogen (secondary N) is 1. The van der Waals surface area contributed by atoms with Crippen molar-refractivity contribution >= 4 is 56.3 Å². The van der Waals surface area contributed by atoms with Crippen LogP contribution >= 0.6 is 39.7 Å². The van der Waals surface area contributed by atoms with Gasteiger partial charge in [0.25, 0.3) is 5.91 Å². The van der Waals surface area contributed by atoms with Gasteiger partial charge in [-0.25, -0.2) is 0 Å². The Hall–Kier alpha value is -1.43. The lowest BCUT2D eigenvalue weighted by atomic mass is 10.1. The van der Waals surface area contributed by atoms with Crippen LogP contribution in [0, 0.1) is 6.92 Å². The van der Waals surface area contributed by atoms with E-state index in [2.05, 4.69) is 21.2 Å². The molecule has 0 atom stereocenters. The third-order valence-corrected chi connectivity index (χ3v) is 4.04. The zero-order valence-corrected chi connectivity index (χ0v) is 14.3. The van der Waals surface area contributed by atoms with Gasteiger partial charge in [-0.05, 0) is 52.7 Å². The standard InChI is InChI=1S/C15H12BrClN2OS/c1-8-3-2-4-12(13(8)14(18)21)19-15(20)10-6-5-9(17)7-11(10)16/h2-7H,1H3,(H2,18,21)(H,19,20). The van der Waals surface area contributed by atoms with Gasteiger partial charge in [-0.3, -0.25) is 4.79 Å². The van der Waals surface area contributed by atoms with Crippen LogP contribution in [0.4, 0.5) is 5.69 Å². The number of amides is 1. The lowest BCUT2D eigenvalue weighted by Gasteiger charge is -2.13. The zero-order chi connectivity index (χ0) is 15.6. The Morgan fingerprint density at radius 2 is 2.05 bits per heavy atom. The number of aryl methyl sites for hydroxylation is 1. The number of halogens is 2. The smallest absolute Gasteiger partial charge is 0.256 e. The minimum atomic E-state index is -0.262. The quantitative estimate of drug-likeness (QED) is 0.777. The van der Waals surface area contributed by atoms with E-state index in [0.29, 0.717) is 26.3 Å². The van der Waals surface area contributed by atoms with Crippen LogP contribution in [0.1, 0.15) is 21.5 Å². The highest BCUT2D eigenvalue weighted by Crippen LogP contribution is 2.24. The summed E-state index contributed by atoms with van der Waals surface area (Å²) in [6, 6.07) is 10.5. The highest BCUT2D eigenvalue weighted by atomic mass is 79.9. The minimum Gasteiger partial charge on any atom is -0.389 e. The van der Waals surface area contributed by atoms with Crippen LogP contribution in [-0.4, -0.2) is 10.9 Å². The lowest BCUT2D eigenvalue weighted by Crippen LogP contribution is -2.19. The maximum absolute atomic E-state index is 12.4. The van der Waals surface area contributed by atoms with E-state index < -0.39 is 0 Å². The van der Waals surface area contributed by atoms with Crippen molar-refractivity contribution in [2.24, 2.45) is 5.73 Å². The van der Waals surface area contributed by atoms with E-state index in [1.807, 2.05) is 19.1 Å². The molecule has 108 valence electrons. The van der Waals surface area contributed by atoms with Gasteiger partial charge in [-0.2, -0.15) is 0 Å². The molecule has 0 unspecified atom stereocenters. The number of carbonyl (C=O) groups is 1. The molecule has 0 heterocycles. The first-order chi connectivity index (χ1) is 9.90. The first-order valence-corrected chi connectivity index (χ1v) is 7.64. The van der Waals surface area contributed by atoms with Crippen molar-refractivity contribution in [2.75, 3.05) is 5.32 Å². The molecule has 0 saturated heterocycles. The number of benzene rings is 2. The molecule has 2 aromatic rings. The van der Waals surface area contributed by atoms with Crippen molar-refractivity contribution in [3.8, 4) is 0 Å². The monoisotopic (exact) mass is 382 g/mol. The van der Waals surface area contributed by atoms with Gasteiger partial charge in [0, 0.05) is 15.1 Å². The van der Waals surface area contributed by atoms with Gasteiger partial charge in [0.2, 0.25) is 0 Å². The molecule has 21 heavy (non-hydrogen) atoms. The van der Waals surface area contributed by atoms with Crippen LogP contribution < -0.4 is 11.1 Å². The van der Waals surface area contributed by atoms with Crippen LogP contribution in [0.5, 0.6) is 0 Å². The number of nitrogens with two attached hydrogens (primary N) is 1. The second kappa shape index (κ2) is 6.56. The van der Waals surface area contributed by atoms with Gasteiger partial charge in [0.05, 0.1) is 11.3 Å². The summed E-state index contributed by atoms with van der Waals surface area (Å²) in [4.78, 5) is 12.6. The number of rotatable bonds is 3. The summed E-state index contributed by atoms with van der Waals surface area (Å²) < 4.78 is 0.622. The van der Waals surface area contributed by atoms with Crippen LogP contribution in [-0.2, 0) is 0 Å². The molecule has 0 fully saturated rings. The predicted octanol–water partition coefficient (Wildman–Crippen LogP) is 4.30. The molecule has 0 bridgehead atoms. The average Bonchev–Trinajstić information content (AvgIpc) is 2.37. The molecule has 1 amide bonds. The van der Waals surface area contributed by atoms with E-state index in [-0.39, 0.29) is 10.9 Å². The Morgan fingerprint density at radius 1 is 1.33 bits per heavy atom. The highest BCUT2D eigenvalue weighted by Gasteiger charge is 2.14. The van der Waals surface area contributed by atoms with E-state index >= 15 is 0 Å². The molecule has 3 nitrogen and oxygen atoms in total. The Bertz CT molecular complexity index is 734. The molecule has 0 saturated carbocycles. The third kappa shape index (κ3) is 3.61. The number of anilines is 1. The second-order valence-corrected chi connectivity index (χ2v) is 6.17. The summed E-state index contributed by atoms with van der Waals surface area (Å²) in [7, 11) is 0. The first-order valence-electron chi connectivity index (χ1n) is 6.06. The molecule has 0 spiro atoms. The van der Waals surface area contributed by atoms with Gasteiger partial charge in [-0.1, -0.05) is 36.0 Å². The van der Waals surface area contributed by atoms with Gasteiger partial charge >= 0.3 is 0 Å². The number of thiocarbonyl (C=S) groups is 1. The molecule has 0 aromatic heterocycles. The van der Waals surface area contributed by atoms with E-state index in [0.717, 1.165) is 5.56 Å². The fraction of sp³-hybridized carbons (Fsp3) is 0.0667. The zero-order valence-electron chi connectivity index (χ0n) is 11.1. The Morgan fingerprint density at radius 3 is 2.67 bits per heavy atom. The SMILES string of the molecule is Cc1cccc(NC(=O)c2ccc(Cl)cc2Br)c1C(N)=S. The van der Waals surface area contributed by atoms with Gasteiger partial charge < -0.3 is 11.1 Å². The molecule has 0 aliphatic rings. The highest BCUT2D eigenvalue weighted by molar-refractivity contribution is 9.10. The third-order valence-electron chi connectivity index (χ3n) is 2.94. The van der Waals surface area contributed by atoms with Crippen LogP contribution in [0.15, 0.2) is 40.9 Å². The van der Waals surface area contributed by atoms with Gasteiger partial charge in [0.15, 0.2) is 0 Å². The second-order valence-electron chi connectivity index (χ2n) is 4.44. The number of hydrogen-bond acceptors (Lipinski definition) is 2. The van der Waals surface area contributed by atoms with E-state index in [4.69, 9.17) is 29.6 Å². The summed E-state index contributed by atoms with van der Waals surface area (Å²) in [5.74, 6) is -0.262. The summed E-state index contributed by atoms with van der Waals surface area (Å²) in [5, 5.41) is 3.38. The van der Waals surface area contributed by atoms with Crippen molar-refractivity contribution in [1.82, 2.24) is 0 Å². The van der Waals surface area contributed by atoms with Crippen LogP contribution in [0.3, 0.4) is 0 Å². The normalized spacial score (nSPS) is 10.2. The fourth-order valence-electron chi connectivity index (χ4n) is 1.96. The van der Waals surface area contributed by atoms with Crippen LogP contribution in [0.2, 0.25) is 5.02 Å². The Kier molecular flexibility index (Phi) is 4.98. The van der Waals surface area contributed by atoms with E-state index in [1.165, 1.54) is 0 Å². The largest absolute Gasteiger partial charge is 0.389 e. The molecule has 3 N–H and O–H groups in total. The predicted molar refractivity (Wildman–Crippen MR) is 94.2 cm³/mol. The Labute approximate surface area is 141 Å². The number of carbonyl (C=O) groups excluding carboxylic acids is 1. The topological polar surface area (TPSA) is 55.1 Å². The Balaban J connectivity index is 2.36. The fourth-order valence-corrected chi connectivity index (χ4v) is 3.10. The summed E-state index contributed by atoms with van der Waals surface area (Å²) in [6.45, 7) is 1.89. The first kappa shape index (κ1) is 15.9. The molecule has 0 aliphatic carbocycles. The minimum absolute atomic E-state index is 0.249. The van der Waals surface area contributed by atoms with Crippen molar-refractivity contribution in [2.45, 2.75) is 6.92 Å². The van der Waals surface area contributed by atoms with Gasteiger partial charge in [0.1, 0.15) is 4.99 Å². The number of hydrogen-bond donors (Lipinski definition) is 2. The average molecular weight is 384 g/mol. The summed E-state index contributed by atoms with van der Waals surface area (Å²) in [6.07, 6.45) is 0. The molecule has 0 radical (unpaired) electrons. The molecular weight excluding hydrogens is 372 g/mol.